The van der Waals surface area contributed by atoms with Crippen LogP contribution in [0.4, 0.5) is 13.2 Å². The summed E-state index contributed by atoms with van der Waals surface area (Å²) in [4.78, 5) is 18.2. The number of aliphatic carboxylic acids is 1. The first-order valence-corrected chi connectivity index (χ1v) is 10.3. The van der Waals surface area contributed by atoms with E-state index in [9.17, 15) is 23.1 Å². The van der Waals surface area contributed by atoms with Crippen LogP contribution in [0.25, 0.3) is 10.9 Å². The van der Waals surface area contributed by atoms with Gasteiger partial charge in [-0.2, -0.15) is 13.2 Å². The van der Waals surface area contributed by atoms with Gasteiger partial charge in [-0.05, 0) is 54.8 Å². The SMILES string of the molecule is O=C(O)C1CCCCN1C(c1ccc(Cl)c(C(F)(F)F)c1)c1ccnc2ccccc12. The van der Waals surface area contributed by atoms with Crippen molar-refractivity contribution >= 4 is 28.5 Å². The van der Waals surface area contributed by atoms with Gasteiger partial charge in [0.1, 0.15) is 6.04 Å². The predicted molar refractivity (Wildman–Crippen MR) is 112 cm³/mol. The molecule has 2 aromatic carbocycles. The Labute approximate surface area is 182 Å². The number of hydrogen-bond acceptors (Lipinski definition) is 3. The predicted octanol–water partition coefficient (Wildman–Crippen LogP) is 5.94. The average molecular weight is 449 g/mol. The van der Waals surface area contributed by atoms with Gasteiger partial charge in [0.05, 0.1) is 22.1 Å². The van der Waals surface area contributed by atoms with Gasteiger partial charge in [-0.1, -0.05) is 42.3 Å². The topological polar surface area (TPSA) is 53.4 Å². The van der Waals surface area contributed by atoms with Gasteiger partial charge < -0.3 is 5.11 Å². The molecule has 1 aliphatic heterocycles. The molecule has 0 bridgehead atoms. The van der Waals surface area contributed by atoms with Crippen LogP contribution in [0.2, 0.25) is 5.02 Å². The molecule has 0 spiro atoms. The van der Waals surface area contributed by atoms with Gasteiger partial charge in [0.2, 0.25) is 0 Å². The minimum absolute atomic E-state index is 0.348. The first kappa shape index (κ1) is 21.6. The van der Waals surface area contributed by atoms with Crippen molar-refractivity contribution in [1.29, 1.82) is 0 Å². The van der Waals surface area contributed by atoms with Gasteiger partial charge in [0.25, 0.3) is 0 Å². The van der Waals surface area contributed by atoms with Gasteiger partial charge in [0, 0.05) is 11.6 Å². The number of carboxylic acid groups (broad SMARTS) is 1. The van der Waals surface area contributed by atoms with Crippen LogP contribution >= 0.6 is 11.6 Å². The van der Waals surface area contributed by atoms with Gasteiger partial charge in [-0.15, -0.1) is 0 Å². The number of benzene rings is 2. The summed E-state index contributed by atoms with van der Waals surface area (Å²) in [5.74, 6) is -0.979. The Morgan fingerprint density at radius 2 is 1.94 bits per heavy atom. The number of pyridine rings is 1. The molecule has 162 valence electrons. The average Bonchev–Trinajstić information content (AvgIpc) is 2.74. The fourth-order valence-electron chi connectivity index (χ4n) is 4.36. The summed E-state index contributed by atoms with van der Waals surface area (Å²) in [5.41, 5.74) is 0.827. The van der Waals surface area contributed by atoms with Crippen LogP contribution < -0.4 is 0 Å². The highest BCUT2D eigenvalue weighted by atomic mass is 35.5. The van der Waals surface area contributed by atoms with Crippen molar-refractivity contribution < 1.29 is 23.1 Å². The van der Waals surface area contributed by atoms with E-state index in [0.717, 1.165) is 24.3 Å². The molecule has 1 aromatic heterocycles. The molecular weight excluding hydrogens is 429 g/mol. The second kappa shape index (κ2) is 8.48. The van der Waals surface area contributed by atoms with Crippen molar-refractivity contribution in [1.82, 2.24) is 9.88 Å². The van der Waals surface area contributed by atoms with E-state index in [-0.39, 0.29) is 5.02 Å². The summed E-state index contributed by atoms with van der Waals surface area (Å²) in [6, 6.07) is 11.4. The molecule has 1 fully saturated rings. The minimum Gasteiger partial charge on any atom is -0.480 e. The molecule has 2 atom stereocenters. The zero-order valence-corrected chi connectivity index (χ0v) is 17.2. The molecule has 3 aromatic rings. The third-order valence-electron chi connectivity index (χ3n) is 5.75. The van der Waals surface area contributed by atoms with E-state index in [2.05, 4.69) is 4.98 Å². The molecule has 0 amide bonds. The van der Waals surface area contributed by atoms with Crippen LogP contribution in [0.15, 0.2) is 54.7 Å². The highest BCUT2D eigenvalue weighted by Gasteiger charge is 2.38. The Bertz CT molecular complexity index is 1110. The van der Waals surface area contributed by atoms with Crippen LogP contribution in [0, 0.1) is 0 Å². The van der Waals surface area contributed by atoms with Crippen LogP contribution in [0.1, 0.15) is 42.0 Å². The number of rotatable bonds is 4. The highest BCUT2D eigenvalue weighted by molar-refractivity contribution is 6.31. The van der Waals surface area contributed by atoms with E-state index >= 15 is 0 Å². The molecule has 1 aliphatic rings. The van der Waals surface area contributed by atoms with Gasteiger partial charge >= 0.3 is 12.1 Å². The second-order valence-electron chi connectivity index (χ2n) is 7.64. The van der Waals surface area contributed by atoms with Crippen LogP contribution in [-0.2, 0) is 11.0 Å². The maximum absolute atomic E-state index is 13.6. The number of likely N-dealkylation sites (tertiary alicyclic amines) is 1. The van der Waals surface area contributed by atoms with Crippen molar-refractivity contribution in [3.63, 3.8) is 0 Å². The first-order chi connectivity index (χ1) is 14.8. The first-order valence-electron chi connectivity index (χ1n) is 9.96. The quantitative estimate of drug-likeness (QED) is 0.537. The number of aromatic nitrogens is 1. The Morgan fingerprint density at radius 1 is 1.16 bits per heavy atom. The zero-order chi connectivity index (χ0) is 22.2. The summed E-state index contributed by atoms with van der Waals surface area (Å²) in [7, 11) is 0. The normalized spacial score (nSPS) is 18.8. The molecular formula is C23H20ClF3N2O2. The van der Waals surface area contributed by atoms with E-state index < -0.39 is 29.8 Å². The minimum atomic E-state index is -4.62. The summed E-state index contributed by atoms with van der Waals surface area (Å²) >= 11 is 5.85. The molecule has 31 heavy (non-hydrogen) atoms. The smallest absolute Gasteiger partial charge is 0.417 e. The summed E-state index contributed by atoms with van der Waals surface area (Å²) < 4.78 is 40.8. The van der Waals surface area contributed by atoms with Crippen molar-refractivity contribution in [2.45, 2.75) is 37.5 Å². The Kier molecular flexibility index (Phi) is 5.90. The number of para-hydroxylation sites is 1. The molecule has 1 saturated heterocycles. The lowest BCUT2D eigenvalue weighted by Crippen LogP contribution is -2.47. The zero-order valence-electron chi connectivity index (χ0n) is 16.4. The number of nitrogens with zero attached hydrogens (tertiary/aromatic N) is 2. The molecule has 0 saturated carbocycles. The van der Waals surface area contributed by atoms with Gasteiger partial charge in [0.15, 0.2) is 0 Å². The van der Waals surface area contributed by atoms with Crippen LogP contribution in [-0.4, -0.2) is 33.5 Å². The molecule has 4 nitrogen and oxygen atoms in total. The number of piperidine rings is 1. The molecule has 0 aliphatic carbocycles. The van der Waals surface area contributed by atoms with E-state index in [1.54, 1.807) is 23.2 Å². The molecule has 8 heteroatoms. The highest BCUT2D eigenvalue weighted by Crippen LogP contribution is 2.41. The van der Waals surface area contributed by atoms with E-state index in [4.69, 9.17) is 11.6 Å². The molecule has 1 N–H and O–H groups in total. The summed E-state index contributed by atoms with van der Waals surface area (Å²) in [6.07, 6.45) is -1.06. The molecule has 2 heterocycles. The Hall–Kier alpha value is -2.64. The third-order valence-corrected chi connectivity index (χ3v) is 6.08. The van der Waals surface area contributed by atoms with Gasteiger partial charge in [-0.25, -0.2) is 0 Å². The monoisotopic (exact) mass is 448 g/mol. The van der Waals surface area contributed by atoms with Crippen molar-refractivity contribution in [3.05, 3.63) is 76.4 Å². The standard InChI is InChI=1S/C23H20ClF3N2O2/c24-18-9-8-14(13-17(18)23(25,26)27)21(29-12-4-3-7-20(29)22(30)31)16-10-11-28-19-6-2-1-5-15(16)19/h1-2,5-6,8-11,13,20-21H,3-4,7,12H2,(H,30,31). The fraction of sp³-hybridized carbons (Fsp3) is 0.304. The fourth-order valence-corrected chi connectivity index (χ4v) is 4.59. The van der Waals surface area contributed by atoms with E-state index in [1.165, 1.54) is 6.07 Å². The third kappa shape index (κ3) is 4.25. The lowest BCUT2D eigenvalue weighted by molar-refractivity contribution is -0.145. The number of carboxylic acids is 1. The maximum atomic E-state index is 13.6. The lowest BCUT2D eigenvalue weighted by Gasteiger charge is -2.40. The van der Waals surface area contributed by atoms with Crippen molar-refractivity contribution in [2.24, 2.45) is 0 Å². The number of halogens is 4. The van der Waals surface area contributed by atoms with Crippen LogP contribution in [0.5, 0.6) is 0 Å². The van der Waals surface area contributed by atoms with E-state index in [1.807, 2.05) is 24.3 Å². The molecule has 0 radical (unpaired) electrons. The molecule has 2 unspecified atom stereocenters. The number of fused-ring (bicyclic) bond motifs is 1. The largest absolute Gasteiger partial charge is 0.480 e. The number of alkyl halides is 3. The van der Waals surface area contributed by atoms with Crippen LogP contribution in [0.3, 0.4) is 0 Å². The Morgan fingerprint density at radius 3 is 2.68 bits per heavy atom. The molecule has 4 rings (SSSR count). The van der Waals surface area contributed by atoms with Crippen molar-refractivity contribution in [3.8, 4) is 0 Å². The lowest BCUT2D eigenvalue weighted by atomic mass is 9.89. The Balaban J connectivity index is 1.95. The number of hydrogen-bond donors (Lipinski definition) is 1. The van der Waals surface area contributed by atoms with Gasteiger partial charge in [-0.3, -0.25) is 14.7 Å². The summed E-state index contributed by atoms with van der Waals surface area (Å²) in [6.45, 7) is 0.461. The van der Waals surface area contributed by atoms with E-state index in [0.29, 0.717) is 29.6 Å². The number of carbonyl (C=O) groups is 1. The van der Waals surface area contributed by atoms with Crippen molar-refractivity contribution in [2.75, 3.05) is 6.54 Å². The maximum Gasteiger partial charge on any atom is 0.417 e. The second-order valence-corrected chi connectivity index (χ2v) is 8.05. The summed E-state index contributed by atoms with van der Waals surface area (Å²) in [5, 5.41) is 10.2.